The third-order valence-corrected chi connectivity index (χ3v) is 5.78. The molecular weight excluding hydrogens is 324 g/mol. The van der Waals surface area contributed by atoms with Crippen LogP contribution in [0, 0.1) is 6.92 Å². The Morgan fingerprint density at radius 2 is 2.13 bits per heavy atom. The molecule has 3 nitrogen and oxygen atoms in total. The second kappa shape index (κ2) is 7.70. The standard InChI is InChI=1S/C18H20N2OS2/c1-14-11-15-5-2-3-7-17(15)20(14)12-18(21)19-8-10-22-13-16-6-4-9-23-16/h2-7,9,11H,8,10,12-13H2,1H3,(H,19,21). The maximum atomic E-state index is 12.2. The van der Waals surface area contributed by atoms with Gasteiger partial charge in [-0.25, -0.2) is 0 Å². The highest BCUT2D eigenvalue weighted by Crippen LogP contribution is 2.19. The van der Waals surface area contributed by atoms with Crippen LogP contribution in [0.3, 0.4) is 0 Å². The molecule has 3 aromatic rings. The minimum absolute atomic E-state index is 0.0752. The van der Waals surface area contributed by atoms with Crippen molar-refractivity contribution in [1.82, 2.24) is 9.88 Å². The molecule has 2 aromatic heterocycles. The molecule has 1 aromatic carbocycles. The van der Waals surface area contributed by atoms with Crippen molar-refractivity contribution in [2.75, 3.05) is 12.3 Å². The van der Waals surface area contributed by atoms with E-state index in [0.717, 1.165) is 22.7 Å². The van der Waals surface area contributed by atoms with Gasteiger partial charge in [0, 0.05) is 34.1 Å². The molecule has 2 heterocycles. The number of benzene rings is 1. The van der Waals surface area contributed by atoms with E-state index in [-0.39, 0.29) is 5.91 Å². The molecule has 0 bridgehead atoms. The van der Waals surface area contributed by atoms with Gasteiger partial charge in [-0.1, -0.05) is 24.3 Å². The Morgan fingerprint density at radius 1 is 1.26 bits per heavy atom. The molecule has 0 fully saturated rings. The molecule has 1 amide bonds. The van der Waals surface area contributed by atoms with E-state index in [9.17, 15) is 4.79 Å². The average molecular weight is 345 g/mol. The Labute approximate surface area is 144 Å². The number of para-hydroxylation sites is 1. The van der Waals surface area contributed by atoms with E-state index in [1.807, 2.05) is 30.8 Å². The lowest BCUT2D eigenvalue weighted by molar-refractivity contribution is -0.121. The van der Waals surface area contributed by atoms with E-state index in [0.29, 0.717) is 13.1 Å². The highest BCUT2D eigenvalue weighted by Gasteiger charge is 2.08. The summed E-state index contributed by atoms with van der Waals surface area (Å²) in [6.45, 7) is 3.15. The van der Waals surface area contributed by atoms with Crippen LogP contribution in [0.4, 0.5) is 0 Å². The first-order valence-corrected chi connectivity index (χ1v) is 9.69. The molecule has 0 aliphatic heterocycles. The predicted molar refractivity (Wildman–Crippen MR) is 100 cm³/mol. The summed E-state index contributed by atoms with van der Waals surface area (Å²) in [4.78, 5) is 13.5. The molecule has 3 rings (SSSR count). The molecule has 0 saturated carbocycles. The fourth-order valence-electron chi connectivity index (χ4n) is 2.59. The fourth-order valence-corrected chi connectivity index (χ4v) is 4.29. The molecular formula is C18H20N2OS2. The summed E-state index contributed by atoms with van der Waals surface area (Å²) in [5, 5.41) is 6.30. The maximum absolute atomic E-state index is 12.2. The second-order valence-corrected chi connectivity index (χ2v) is 7.55. The van der Waals surface area contributed by atoms with Crippen LogP contribution in [0.2, 0.25) is 0 Å². The van der Waals surface area contributed by atoms with Crippen LogP contribution in [0.5, 0.6) is 0 Å². The Bertz CT molecular complexity index is 778. The van der Waals surface area contributed by atoms with Crippen molar-refractivity contribution in [2.45, 2.75) is 19.2 Å². The smallest absolute Gasteiger partial charge is 0.239 e. The van der Waals surface area contributed by atoms with Crippen LogP contribution < -0.4 is 5.32 Å². The van der Waals surface area contributed by atoms with Crippen molar-refractivity contribution in [1.29, 1.82) is 0 Å². The summed E-state index contributed by atoms with van der Waals surface area (Å²) >= 11 is 3.64. The fraction of sp³-hybridized carbons (Fsp3) is 0.278. The number of aryl methyl sites for hydroxylation is 1. The first-order valence-electron chi connectivity index (χ1n) is 7.66. The van der Waals surface area contributed by atoms with E-state index in [2.05, 4.69) is 45.6 Å². The SMILES string of the molecule is Cc1cc2ccccc2n1CC(=O)NCCSCc1cccs1. The number of carbonyl (C=O) groups is 1. The average Bonchev–Trinajstić information content (AvgIpc) is 3.16. The minimum Gasteiger partial charge on any atom is -0.354 e. The lowest BCUT2D eigenvalue weighted by Crippen LogP contribution is -2.29. The normalized spacial score (nSPS) is 11.0. The van der Waals surface area contributed by atoms with E-state index in [4.69, 9.17) is 0 Å². The van der Waals surface area contributed by atoms with Crippen molar-refractivity contribution in [2.24, 2.45) is 0 Å². The maximum Gasteiger partial charge on any atom is 0.239 e. The van der Waals surface area contributed by atoms with Gasteiger partial charge in [-0.3, -0.25) is 4.79 Å². The number of thiophene rings is 1. The Morgan fingerprint density at radius 3 is 2.96 bits per heavy atom. The van der Waals surface area contributed by atoms with Gasteiger partial charge in [-0.05, 0) is 35.9 Å². The zero-order chi connectivity index (χ0) is 16.1. The molecule has 0 saturated heterocycles. The molecule has 0 aliphatic carbocycles. The summed E-state index contributed by atoms with van der Waals surface area (Å²) in [5.41, 5.74) is 2.24. The van der Waals surface area contributed by atoms with Crippen molar-refractivity contribution in [3.8, 4) is 0 Å². The zero-order valence-electron chi connectivity index (χ0n) is 13.1. The van der Waals surface area contributed by atoms with Gasteiger partial charge in [0.2, 0.25) is 5.91 Å². The monoisotopic (exact) mass is 344 g/mol. The van der Waals surface area contributed by atoms with Gasteiger partial charge < -0.3 is 9.88 Å². The topological polar surface area (TPSA) is 34.0 Å². The molecule has 0 radical (unpaired) electrons. The molecule has 0 spiro atoms. The number of carbonyl (C=O) groups excluding carboxylic acids is 1. The van der Waals surface area contributed by atoms with Crippen LogP contribution in [0.25, 0.3) is 10.9 Å². The van der Waals surface area contributed by atoms with Gasteiger partial charge in [0.05, 0.1) is 0 Å². The Balaban J connectivity index is 1.46. The van der Waals surface area contributed by atoms with E-state index in [1.54, 1.807) is 11.3 Å². The molecule has 5 heteroatoms. The molecule has 0 atom stereocenters. The van der Waals surface area contributed by atoms with Gasteiger partial charge in [0.25, 0.3) is 0 Å². The van der Waals surface area contributed by atoms with Crippen molar-refractivity contribution >= 4 is 39.9 Å². The van der Waals surface area contributed by atoms with E-state index >= 15 is 0 Å². The number of aromatic nitrogens is 1. The van der Waals surface area contributed by atoms with Gasteiger partial charge >= 0.3 is 0 Å². The first-order chi connectivity index (χ1) is 11.2. The van der Waals surface area contributed by atoms with Gasteiger partial charge in [-0.15, -0.1) is 11.3 Å². The number of hydrogen-bond acceptors (Lipinski definition) is 3. The van der Waals surface area contributed by atoms with Crippen LogP contribution in [-0.2, 0) is 17.1 Å². The number of thioether (sulfide) groups is 1. The van der Waals surface area contributed by atoms with E-state index < -0.39 is 0 Å². The quantitative estimate of drug-likeness (QED) is 0.656. The Hall–Kier alpha value is -1.72. The number of amides is 1. The predicted octanol–water partition coefficient (Wildman–Crippen LogP) is 4.06. The molecule has 0 unspecified atom stereocenters. The minimum atomic E-state index is 0.0752. The summed E-state index contributed by atoms with van der Waals surface area (Å²) in [6.07, 6.45) is 0. The van der Waals surface area contributed by atoms with Crippen molar-refractivity contribution in [3.05, 3.63) is 58.4 Å². The third kappa shape index (κ3) is 4.18. The van der Waals surface area contributed by atoms with E-state index in [1.165, 1.54) is 10.3 Å². The number of nitrogens with zero attached hydrogens (tertiary/aromatic N) is 1. The lowest BCUT2D eigenvalue weighted by Gasteiger charge is -2.09. The Kier molecular flexibility index (Phi) is 5.41. The first kappa shape index (κ1) is 16.1. The van der Waals surface area contributed by atoms with Gasteiger partial charge in [0.1, 0.15) is 6.54 Å². The molecule has 23 heavy (non-hydrogen) atoms. The molecule has 120 valence electrons. The number of nitrogens with one attached hydrogen (secondary N) is 1. The van der Waals surface area contributed by atoms with Crippen molar-refractivity contribution in [3.63, 3.8) is 0 Å². The van der Waals surface area contributed by atoms with Crippen LogP contribution >= 0.6 is 23.1 Å². The number of hydrogen-bond donors (Lipinski definition) is 1. The summed E-state index contributed by atoms with van der Waals surface area (Å²) in [7, 11) is 0. The lowest BCUT2D eigenvalue weighted by atomic mass is 10.2. The van der Waals surface area contributed by atoms with Crippen LogP contribution in [0.15, 0.2) is 47.8 Å². The van der Waals surface area contributed by atoms with Gasteiger partial charge in [0.15, 0.2) is 0 Å². The number of rotatable bonds is 7. The van der Waals surface area contributed by atoms with Gasteiger partial charge in [-0.2, -0.15) is 11.8 Å². The summed E-state index contributed by atoms with van der Waals surface area (Å²) in [6, 6.07) is 14.5. The summed E-state index contributed by atoms with van der Waals surface area (Å²) < 4.78 is 2.07. The van der Waals surface area contributed by atoms with Crippen molar-refractivity contribution < 1.29 is 4.79 Å². The highest BCUT2D eigenvalue weighted by molar-refractivity contribution is 7.98. The molecule has 0 aliphatic rings. The highest BCUT2D eigenvalue weighted by atomic mass is 32.2. The molecule has 1 N–H and O–H groups in total. The number of fused-ring (bicyclic) bond motifs is 1. The van der Waals surface area contributed by atoms with Crippen LogP contribution in [-0.4, -0.2) is 22.8 Å². The van der Waals surface area contributed by atoms with Crippen LogP contribution in [0.1, 0.15) is 10.6 Å². The zero-order valence-corrected chi connectivity index (χ0v) is 14.8. The summed E-state index contributed by atoms with van der Waals surface area (Å²) in [5.74, 6) is 2.04. The largest absolute Gasteiger partial charge is 0.354 e. The second-order valence-electron chi connectivity index (χ2n) is 5.41. The third-order valence-electron chi connectivity index (χ3n) is 3.71.